The second kappa shape index (κ2) is 8.12. The maximum Gasteiger partial charge on any atom is 0.253 e. The van der Waals surface area contributed by atoms with E-state index >= 15 is 0 Å². The zero-order chi connectivity index (χ0) is 20.4. The lowest BCUT2D eigenvalue weighted by atomic mass is 10.0. The van der Waals surface area contributed by atoms with E-state index in [1.54, 1.807) is 13.4 Å². The molecule has 1 aliphatic heterocycles. The summed E-state index contributed by atoms with van der Waals surface area (Å²) >= 11 is 1.35. The molecule has 0 radical (unpaired) electrons. The molecule has 29 heavy (non-hydrogen) atoms. The first kappa shape index (κ1) is 19.3. The lowest BCUT2D eigenvalue weighted by molar-refractivity contribution is -0.130. The Balaban J connectivity index is 1.55. The van der Waals surface area contributed by atoms with Crippen LogP contribution in [0.4, 0.5) is 0 Å². The quantitative estimate of drug-likeness (QED) is 0.579. The third-order valence-electron chi connectivity index (χ3n) is 4.84. The summed E-state index contributed by atoms with van der Waals surface area (Å²) in [5, 5.41) is 15.0. The van der Waals surface area contributed by atoms with Crippen LogP contribution in [-0.4, -0.2) is 44.3 Å². The van der Waals surface area contributed by atoms with Gasteiger partial charge in [-0.2, -0.15) is 5.10 Å². The van der Waals surface area contributed by atoms with Gasteiger partial charge in [0.05, 0.1) is 24.8 Å². The molecular weight excluding hydrogens is 390 g/mol. The molecule has 1 aliphatic rings. The number of carbonyl (C=O) groups excluding carboxylic acids is 1. The first-order valence-corrected chi connectivity index (χ1v) is 10.1. The zero-order valence-corrected chi connectivity index (χ0v) is 17.2. The fourth-order valence-corrected chi connectivity index (χ4v) is 3.92. The fraction of sp³-hybridized carbons (Fsp3) is 0.300. The second-order valence-electron chi connectivity index (χ2n) is 6.63. The van der Waals surface area contributed by atoms with Gasteiger partial charge in [0, 0.05) is 13.5 Å². The van der Waals surface area contributed by atoms with Gasteiger partial charge >= 0.3 is 0 Å². The van der Waals surface area contributed by atoms with Crippen molar-refractivity contribution in [3.8, 4) is 5.75 Å². The molecule has 3 heterocycles. The number of benzene rings is 1. The number of hydrogen-bond donors (Lipinski definition) is 0. The summed E-state index contributed by atoms with van der Waals surface area (Å²) in [6.07, 6.45) is 2.19. The summed E-state index contributed by atoms with van der Waals surface area (Å²) in [5.74, 6) is 2.39. The molecule has 0 spiro atoms. The lowest BCUT2D eigenvalue weighted by Crippen LogP contribution is -2.28. The number of carbonyl (C=O) groups is 1. The summed E-state index contributed by atoms with van der Waals surface area (Å²) in [5.41, 5.74) is 1.79. The minimum absolute atomic E-state index is 0.111. The van der Waals surface area contributed by atoms with E-state index < -0.39 is 0 Å². The Morgan fingerprint density at radius 1 is 1.28 bits per heavy atom. The molecule has 1 atom stereocenters. The van der Waals surface area contributed by atoms with E-state index in [-0.39, 0.29) is 17.7 Å². The number of rotatable bonds is 6. The van der Waals surface area contributed by atoms with Crippen molar-refractivity contribution in [3.63, 3.8) is 0 Å². The number of ether oxygens (including phenoxy) is 1. The molecule has 1 amide bonds. The highest BCUT2D eigenvalue weighted by Crippen LogP contribution is 2.34. The highest BCUT2D eigenvalue weighted by molar-refractivity contribution is 7.99. The monoisotopic (exact) mass is 411 g/mol. The van der Waals surface area contributed by atoms with E-state index in [9.17, 15) is 4.79 Å². The van der Waals surface area contributed by atoms with Crippen molar-refractivity contribution in [3.05, 3.63) is 59.8 Å². The van der Waals surface area contributed by atoms with Crippen molar-refractivity contribution in [1.29, 1.82) is 0 Å². The van der Waals surface area contributed by atoms with Gasteiger partial charge in [-0.15, -0.1) is 10.2 Å². The summed E-state index contributed by atoms with van der Waals surface area (Å²) in [7, 11) is 3.51. The summed E-state index contributed by atoms with van der Waals surface area (Å²) in [4.78, 5) is 13.0. The Hall–Kier alpha value is -3.07. The molecule has 9 heteroatoms. The van der Waals surface area contributed by atoms with Crippen molar-refractivity contribution >= 4 is 23.4 Å². The Morgan fingerprint density at radius 3 is 2.69 bits per heavy atom. The van der Waals surface area contributed by atoms with Crippen LogP contribution in [0.5, 0.6) is 5.75 Å². The maximum absolute atomic E-state index is 13.0. The van der Waals surface area contributed by atoms with E-state index in [1.807, 2.05) is 54.9 Å². The number of thioether (sulfide) groups is 1. The van der Waals surface area contributed by atoms with Crippen LogP contribution in [0.15, 0.2) is 57.3 Å². The minimum atomic E-state index is -0.267. The van der Waals surface area contributed by atoms with Crippen molar-refractivity contribution in [1.82, 2.24) is 19.8 Å². The molecule has 0 bridgehead atoms. The normalized spacial score (nSPS) is 16.2. The van der Waals surface area contributed by atoms with Crippen LogP contribution in [-0.2, 0) is 11.8 Å². The largest absolute Gasteiger partial charge is 0.497 e. The van der Waals surface area contributed by atoms with Gasteiger partial charge < -0.3 is 13.7 Å². The van der Waals surface area contributed by atoms with Gasteiger partial charge in [-0.25, -0.2) is 5.01 Å². The van der Waals surface area contributed by atoms with Crippen LogP contribution >= 0.6 is 11.8 Å². The topological polar surface area (TPSA) is 85.8 Å². The maximum atomic E-state index is 13.0. The number of hydrazone groups is 1. The molecule has 150 valence electrons. The van der Waals surface area contributed by atoms with Crippen molar-refractivity contribution in [2.24, 2.45) is 12.1 Å². The molecule has 0 fully saturated rings. The molecular formula is C20H21N5O3S. The molecule has 0 aliphatic carbocycles. The number of amides is 1. The number of furan rings is 1. The average Bonchev–Trinajstić information content (AvgIpc) is 3.48. The van der Waals surface area contributed by atoms with Crippen LogP contribution in [0.2, 0.25) is 0 Å². The van der Waals surface area contributed by atoms with Gasteiger partial charge in [0.25, 0.3) is 5.91 Å². The molecule has 3 aromatic rings. The third kappa shape index (κ3) is 3.91. The van der Waals surface area contributed by atoms with Crippen LogP contribution in [0, 0.1) is 6.92 Å². The summed E-state index contributed by atoms with van der Waals surface area (Å²) in [6, 6.07) is 11.1. The van der Waals surface area contributed by atoms with Crippen molar-refractivity contribution < 1.29 is 13.9 Å². The van der Waals surface area contributed by atoms with Crippen LogP contribution < -0.4 is 4.74 Å². The van der Waals surface area contributed by atoms with Gasteiger partial charge in [-0.3, -0.25) is 4.79 Å². The van der Waals surface area contributed by atoms with Crippen LogP contribution in [0.1, 0.15) is 29.6 Å². The van der Waals surface area contributed by atoms with Crippen molar-refractivity contribution in [2.45, 2.75) is 24.5 Å². The number of hydrogen-bond acceptors (Lipinski definition) is 7. The predicted octanol–water partition coefficient (Wildman–Crippen LogP) is 3.20. The molecule has 0 saturated carbocycles. The molecule has 4 rings (SSSR count). The molecule has 8 nitrogen and oxygen atoms in total. The molecule has 2 aromatic heterocycles. The summed E-state index contributed by atoms with van der Waals surface area (Å²) < 4.78 is 12.7. The van der Waals surface area contributed by atoms with Gasteiger partial charge in [0.15, 0.2) is 5.16 Å². The van der Waals surface area contributed by atoms with E-state index in [0.29, 0.717) is 17.3 Å². The van der Waals surface area contributed by atoms with Gasteiger partial charge in [0.2, 0.25) is 0 Å². The van der Waals surface area contributed by atoms with Crippen molar-refractivity contribution in [2.75, 3.05) is 12.9 Å². The highest BCUT2D eigenvalue weighted by Gasteiger charge is 2.34. The van der Waals surface area contributed by atoms with Gasteiger partial charge in [0.1, 0.15) is 23.4 Å². The number of methoxy groups -OCH3 is 1. The van der Waals surface area contributed by atoms with Gasteiger partial charge in [-0.1, -0.05) is 11.8 Å². The van der Waals surface area contributed by atoms with Crippen LogP contribution in [0.3, 0.4) is 0 Å². The summed E-state index contributed by atoms with van der Waals surface area (Å²) in [6.45, 7) is 1.87. The minimum Gasteiger partial charge on any atom is -0.497 e. The molecule has 0 unspecified atom stereocenters. The number of aromatic nitrogens is 3. The van der Waals surface area contributed by atoms with E-state index in [0.717, 1.165) is 22.8 Å². The number of nitrogens with zero attached hydrogens (tertiary/aromatic N) is 5. The Morgan fingerprint density at radius 2 is 2.07 bits per heavy atom. The first-order valence-electron chi connectivity index (χ1n) is 9.13. The molecule has 1 aromatic carbocycles. The SMILES string of the molecule is COc1ccc(C2=NN(C(=O)CSc3nnc(C)n3C)[C@H](c3ccco3)C2)cc1. The van der Waals surface area contributed by atoms with Crippen LogP contribution in [0.25, 0.3) is 0 Å². The Labute approximate surface area is 172 Å². The Bertz CT molecular complexity index is 1030. The molecule has 0 saturated heterocycles. The van der Waals surface area contributed by atoms with E-state index in [1.165, 1.54) is 16.8 Å². The zero-order valence-electron chi connectivity index (χ0n) is 16.4. The van der Waals surface area contributed by atoms with E-state index in [2.05, 4.69) is 15.3 Å². The Kier molecular flexibility index (Phi) is 5.39. The first-order chi connectivity index (χ1) is 14.1. The van der Waals surface area contributed by atoms with Gasteiger partial charge in [-0.05, 0) is 48.9 Å². The fourth-order valence-electron chi connectivity index (χ4n) is 3.11. The predicted molar refractivity (Wildman–Crippen MR) is 109 cm³/mol. The average molecular weight is 411 g/mol. The third-order valence-corrected chi connectivity index (χ3v) is 5.84. The lowest BCUT2D eigenvalue weighted by Gasteiger charge is -2.19. The number of aryl methyl sites for hydroxylation is 1. The van der Waals surface area contributed by atoms with E-state index in [4.69, 9.17) is 9.15 Å². The second-order valence-corrected chi connectivity index (χ2v) is 7.57. The highest BCUT2D eigenvalue weighted by atomic mass is 32.2. The smallest absolute Gasteiger partial charge is 0.253 e. The standard InChI is InChI=1S/C20H21N5O3S/c1-13-21-22-20(24(13)2)29-12-19(26)25-17(18-5-4-10-28-18)11-16(23-25)14-6-8-15(27-3)9-7-14/h4-10,17H,11-12H2,1-3H3/t17-/m0/s1. The molecule has 0 N–H and O–H groups in total.